The second-order valence-electron chi connectivity index (χ2n) is 11.9. The van der Waals surface area contributed by atoms with E-state index in [-0.39, 0.29) is 65.5 Å². The van der Waals surface area contributed by atoms with Crippen molar-refractivity contribution in [3.05, 3.63) is 35.9 Å². The van der Waals surface area contributed by atoms with Gasteiger partial charge >= 0.3 is 59.1 Å². The fourth-order valence-corrected chi connectivity index (χ4v) is 5.10. The minimum Gasteiger partial charge on any atom is -0.726 e. The first-order valence-corrected chi connectivity index (χ1v) is 19.0. The molecule has 0 saturated carbocycles. The molecule has 1 rings (SSSR count). The number of benzene rings is 1. The SMILES string of the molecule is CCCCCCCCCCCCCCCCCC(=O)[O-].CCCCCCCCCCCCc1ccccc1.O=S(=O)([O-])O.[Na+].[Na+]. The van der Waals surface area contributed by atoms with Gasteiger partial charge in [-0.2, -0.15) is 0 Å². The summed E-state index contributed by atoms with van der Waals surface area (Å²) in [7, 11) is -4.92. The summed E-state index contributed by atoms with van der Waals surface area (Å²) < 4.78 is 32.8. The van der Waals surface area contributed by atoms with Crippen LogP contribution in [0.3, 0.4) is 0 Å². The molecular weight excluding hydrogens is 606 g/mol. The molecule has 0 aliphatic carbocycles. The Hall–Kier alpha value is 0.560. The largest absolute Gasteiger partial charge is 1.00 e. The zero-order chi connectivity index (χ0) is 32.3. The molecule has 0 saturated heterocycles. The van der Waals surface area contributed by atoms with E-state index in [1.807, 2.05) is 0 Å². The first-order chi connectivity index (χ1) is 20.7. The van der Waals surface area contributed by atoms with Crippen LogP contribution in [0, 0.1) is 0 Å². The summed E-state index contributed by atoms with van der Waals surface area (Å²) in [6.45, 7) is 4.55. The van der Waals surface area contributed by atoms with Gasteiger partial charge in [-0.3, -0.25) is 4.55 Å². The van der Waals surface area contributed by atoms with E-state index >= 15 is 0 Å². The zero-order valence-corrected chi connectivity index (χ0v) is 34.7. The molecule has 1 aromatic carbocycles. The molecule has 0 spiro atoms. The first kappa shape index (κ1) is 52.4. The smallest absolute Gasteiger partial charge is 0.726 e. The van der Waals surface area contributed by atoms with Crippen molar-refractivity contribution in [3.63, 3.8) is 0 Å². The maximum absolute atomic E-state index is 10.2. The number of carboxylic acid groups (broad SMARTS) is 1. The number of hydrogen-bond acceptors (Lipinski definition) is 5. The molecule has 0 amide bonds. The number of aryl methyl sites for hydroxylation is 1. The molecule has 0 atom stereocenters. The molecule has 1 N–H and O–H groups in total. The van der Waals surface area contributed by atoms with Crippen LogP contribution in [0.2, 0.25) is 0 Å². The second kappa shape index (κ2) is 42.6. The fraction of sp³-hybridized carbons (Fsp3) is 0.806. The Balaban J connectivity index is -0.000000313. The Morgan fingerprint density at radius 3 is 1.11 bits per heavy atom. The third-order valence-electron chi connectivity index (χ3n) is 7.65. The molecule has 0 aliphatic heterocycles. The number of carbonyl (C=O) groups is 1. The zero-order valence-electron chi connectivity index (χ0n) is 29.9. The van der Waals surface area contributed by atoms with Crippen LogP contribution in [-0.2, 0) is 21.6 Å². The molecule has 9 heteroatoms. The third-order valence-corrected chi connectivity index (χ3v) is 7.65. The Morgan fingerprint density at radius 1 is 0.556 bits per heavy atom. The Morgan fingerprint density at radius 2 is 0.822 bits per heavy atom. The van der Waals surface area contributed by atoms with Gasteiger partial charge in [0.15, 0.2) is 0 Å². The van der Waals surface area contributed by atoms with Crippen molar-refractivity contribution >= 4 is 16.4 Å². The van der Waals surface area contributed by atoms with Gasteiger partial charge in [0, 0.05) is 5.97 Å². The van der Waals surface area contributed by atoms with Gasteiger partial charge in [0.1, 0.15) is 0 Å². The van der Waals surface area contributed by atoms with Gasteiger partial charge in [-0.1, -0.05) is 192 Å². The van der Waals surface area contributed by atoms with Gasteiger partial charge in [0.2, 0.25) is 10.4 Å². The Bertz CT molecular complexity index is 786. The van der Waals surface area contributed by atoms with Gasteiger partial charge in [-0.25, -0.2) is 8.42 Å². The average Bonchev–Trinajstić information content (AvgIpc) is 2.96. The Kier molecular flexibility index (Phi) is 49.6. The van der Waals surface area contributed by atoms with E-state index in [9.17, 15) is 9.90 Å². The van der Waals surface area contributed by atoms with E-state index < -0.39 is 16.4 Å². The maximum atomic E-state index is 10.2. The molecule has 0 unspecified atom stereocenters. The van der Waals surface area contributed by atoms with E-state index in [2.05, 4.69) is 44.2 Å². The van der Waals surface area contributed by atoms with Gasteiger partial charge in [-0.05, 0) is 31.2 Å². The summed E-state index contributed by atoms with van der Waals surface area (Å²) in [6.07, 6.45) is 35.4. The molecule has 1 aromatic rings. The van der Waals surface area contributed by atoms with E-state index in [0.717, 1.165) is 12.8 Å². The van der Waals surface area contributed by atoms with Crippen LogP contribution >= 0.6 is 0 Å². The van der Waals surface area contributed by atoms with Crippen molar-refractivity contribution in [2.75, 3.05) is 0 Å². The van der Waals surface area contributed by atoms with Crippen molar-refractivity contribution in [2.45, 2.75) is 187 Å². The standard InChI is InChI=1S/C18H36O2.C18H30.2Na.H2O4S/c1-2-3-4-5-6-7-8-9-10-11-12-13-14-15-16-17-18(19)20;1-2-3-4-5-6-7-8-9-10-12-15-18-16-13-11-14-17-18;;;1-5(2,3)4/h2-17H2,1H3,(H,19,20);11,13-14,16-17H,2-10,12,15H2,1H3;;;(H2,1,2,3,4)/q;;2*+1;/p-2. The second-order valence-corrected chi connectivity index (χ2v) is 12.8. The molecule has 0 aliphatic rings. The fourth-order valence-electron chi connectivity index (χ4n) is 5.10. The molecule has 0 radical (unpaired) electrons. The molecule has 0 heterocycles. The molecule has 0 fully saturated rings. The predicted octanol–water partition coefficient (Wildman–Crippen LogP) is 4.16. The predicted molar refractivity (Wildman–Crippen MR) is 179 cm³/mol. The maximum Gasteiger partial charge on any atom is 1.00 e. The minimum atomic E-state index is -4.92. The molecule has 254 valence electrons. The van der Waals surface area contributed by atoms with Crippen LogP contribution in [0.15, 0.2) is 30.3 Å². The molecular formula is C36H66Na2O6S. The number of aliphatic carboxylic acids is 1. The van der Waals surface area contributed by atoms with Crippen molar-refractivity contribution < 1.29 is 86.5 Å². The number of carbonyl (C=O) groups excluding carboxylic acids is 1. The van der Waals surface area contributed by atoms with Crippen LogP contribution < -0.4 is 64.2 Å². The van der Waals surface area contributed by atoms with E-state index in [0.29, 0.717) is 0 Å². The quantitative estimate of drug-likeness (QED) is 0.0650. The first-order valence-electron chi connectivity index (χ1n) is 17.6. The van der Waals surface area contributed by atoms with Crippen LogP contribution in [0.5, 0.6) is 0 Å². The summed E-state index contributed by atoms with van der Waals surface area (Å²) in [5.41, 5.74) is 1.50. The van der Waals surface area contributed by atoms with Gasteiger partial charge in [0.05, 0.1) is 0 Å². The normalized spacial score (nSPS) is 10.4. The number of hydrogen-bond donors (Lipinski definition) is 1. The topological polar surface area (TPSA) is 118 Å². The molecule has 0 bridgehead atoms. The number of rotatable bonds is 27. The van der Waals surface area contributed by atoms with Gasteiger partial charge in [-0.15, -0.1) is 0 Å². The van der Waals surface area contributed by atoms with Crippen molar-refractivity contribution in [3.8, 4) is 0 Å². The van der Waals surface area contributed by atoms with Crippen molar-refractivity contribution in [1.29, 1.82) is 0 Å². The van der Waals surface area contributed by atoms with Crippen molar-refractivity contribution in [1.82, 2.24) is 0 Å². The van der Waals surface area contributed by atoms with E-state index in [4.69, 9.17) is 17.5 Å². The summed E-state index contributed by atoms with van der Waals surface area (Å²) >= 11 is 0. The number of unbranched alkanes of at least 4 members (excludes halogenated alkanes) is 23. The third kappa shape index (κ3) is 57.2. The molecule has 0 aromatic heterocycles. The average molecular weight is 673 g/mol. The molecule has 6 nitrogen and oxygen atoms in total. The van der Waals surface area contributed by atoms with E-state index in [1.165, 1.54) is 160 Å². The van der Waals surface area contributed by atoms with Crippen LogP contribution in [0.25, 0.3) is 0 Å². The van der Waals surface area contributed by atoms with Crippen LogP contribution in [0.1, 0.15) is 186 Å². The number of carboxylic acids is 1. The van der Waals surface area contributed by atoms with Gasteiger partial charge < -0.3 is 14.5 Å². The Labute approximate surface area is 323 Å². The summed E-state index contributed by atoms with van der Waals surface area (Å²) in [4.78, 5) is 10.2. The van der Waals surface area contributed by atoms with Gasteiger partial charge in [0.25, 0.3) is 0 Å². The van der Waals surface area contributed by atoms with Crippen LogP contribution in [0.4, 0.5) is 0 Å². The molecule has 45 heavy (non-hydrogen) atoms. The monoisotopic (exact) mass is 672 g/mol. The minimum absolute atomic E-state index is 0. The van der Waals surface area contributed by atoms with E-state index in [1.54, 1.807) is 0 Å². The summed E-state index contributed by atoms with van der Waals surface area (Å²) in [5, 5.41) is 10.2. The van der Waals surface area contributed by atoms with Crippen LogP contribution in [-0.4, -0.2) is 23.5 Å². The van der Waals surface area contributed by atoms with Crippen molar-refractivity contribution in [2.24, 2.45) is 0 Å². The summed E-state index contributed by atoms with van der Waals surface area (Å²) in [6, 6.07) is 10.9. The summed E-state index contributed by atoms with van der Waals surface area (Å²) in [5.74, 6) is -0.903.